The van der Waals surface area contributed by atoms with Crippen LogP contribution in [0.4, 0.5) is 0 Å². The highest BCUT2D eigenvalue weighted by molar-refractivity contribution is 7.99. The molecule has 0 fully saturated rings. The van der Waals surface area contributed by atoms with Crippen LogP contribution in [0.25, 0.3) is 0 Å². The number of hydrogen-bond donors (Lipinski definition) is 3. The molecule has 0 saturated heterocycles. The molecule has 1 rings (SSSR count). The lowest BCUT2D eigenvalue weighted by atomic mass is 10.1. The van der Waals surface area contributed by atoms with Crippen LogP contribution in [0.15, 0.2) is 14.4 Å². The first-order valence-corrected chi connectivity index (χ1v) is 28.6. The normalized spacial score (nSPS) is 12.4. The van der Waals surface area contributed by atoms with Crippen LogP contribution in [0, 0.1) is 0 Å². The molecule has 354 valence electrons. The van der Waals surface area contributed by atoms with E-state index in [2.05, 4.69) is 12.5 Å². The molecular formula is C36H69N3O15S6. The Labute approximate surface area is 369 Å². The average Bonchev–Trinajstić information content (AvgIpc) is 3.16. The molecule has 0 bridgehead atoms. The predicted molar refractivity (Wildman–Crippen MR) is 241 cm³/mol. The zero-order valence-electron chi connectivity index (χ0n) is 34.9. The van der Waals surface area contributed by atoms with Crippen molar-refractivity contribution in [3.8, 4) is 0 Å². The molecule has 0 spiro atoms. The molecule has 0 aliphatic heterocycles. The summed E-state index contributed by atoms with van der Waals surface area (Å²) in [7, 11) is -13.1. The Morgan fingerprint density at radius 2 is 0.533 bits per heavy atom. The van der Waals surface area contributed by atoms with Crippen LogP contribution in [0.3, 0.4) is 0 Å². The lowest BCUT2D eigenvalue weighted by Gasteiger charge is -2.14. The molecule has 0 radical (unpaired) electrons. The molecule has 0 aliphatic rings. The van der Waals surface area contributed by atoms with E-state index >= 15 is 0 Å². The van der Waals surface area contributed by atoms with Crippen LogP contribution in [0.1, 0.15) is 135 Å². The van der Waals surface area contributed by atoms with Crippen molar-refractivity contribution in [2.75, 3.05) is 54.3 Å². The molecule has 1 aromatic heterocycles. The van der Waals surface area contributed by atoms with E-state index in [-0.39, 0.29) is 39.5 Å². The van der Waals surface area contributed by atoms with Crippen LogP contribution < -0.4 is 17.1 Å². The van der Waals surface area contributed by atoms with Crippen LogP contribution in [-0.4, -0.2) is 107 Å². The van der Waals surface area contributed by atoms with Crippen LogP contribution >= 0.6 is 35.3 Å². The molecule has 0 saturated carbocycles. The van der Waals surface area contributed by atoms with Crippen molar-refractivity contribution >= 4 is 66.5 Å². The minimum absolute atomic E-state index is 0.0252. The Hall–Kier alpha value is -0.930. The van der Waals surface area contributed by atoms with Gasteiger partial charge in [-0.25, -0.2) is 40.6 Å². The van der Waals surface area contributed by atoms with Crippen molar-refractivity contribution in [2.45, 2.75) is 154 Å². The second kappa shape index (κ2) is 34.5. The second-order valence-electron chi connectivity index (χ2n) is 14.3. The first-order chi connectivity index (χ1) is 28.5. The molecule has 0 aromatic carbocycles. The smallest absolute Gasteiger partial charge is 0.264 e. The van der Waals surface area contributed by atoms with E-state index in [1.54, 1.807) is 35.3 Å². The minimum atomic E-state index is -4.38. The van der Waals surface area contributed by atoms with Gasteiger partial charge in [-0.2, -0.15) is 60.5 Å². The molecule has 0 aliphatic carbocycles. The van der Waals surface area contributed by atoms with E-state index in [1.165, 1.54) is 13.7 Å². The first kappa shape index (κ1) is 57.1. The number of hydrogen-bond acceptors (Lipinski definition) is 15. The van der Waals surface area contributed by atoms with Gasteiger partial charge in [-0.3, -0.25) is 13.7 Å². The highest BCUT2D eigenvalue weighted by Crippen LogP contribution is 2.14. The Balaban J connectivity index is 2.55. The molecule has 0 unspecified atom stereocenters. The third-order valence-corrected chi connectivity index (χ3v) is 13.8. The summed E-state index contributed by atoms with van der Waals surface area (Å²) in [5, 5.41) is 0. The van der Waals surface area contributed by atoms with Crippen molar-refractivity contribution < 1.29 is 51.5 Å². The van der Waals surface area contributed by atoms with Crippen molar-refractivity contribution in [3.05, 3.63) is 31.5 Å². The molecular weight excluding hydrogens is 907 g/mol. The van der Waals surface area contributed by atoms with Crippen LogP contribution in [0.2, 0.25) is 0 Å². The number of thioether (sulfide) groups is 3. The van der Waals surface area contributed by atoms with Crippen molar-refractivity contribution in [2.24, 2.45) is 0 Å². The van der Waals surface area contributed by atoms with Gasteiger partial charge in [0.25, 0.3) is 0 Å². The predicted octanol–water partition coefficient (Wildman–Crippen LogP) is 6.02. The third-order valence-electron chi connectivity index (χ3n) is 9.26. The molecule has 60 heavy (non-hydrogen) atoms. The topological polar surface area (TPSA) is 257 Å². The second-order valence-corrected chi connectivity index (χ2v) is 21.3. The molecule has 24 heteroatoms. The maximum absolute atomic E-state index is 13.5. The number of rotatable bonds is 42. The fourth-order valence-electron chi connectivity index (χ4n) is 6.09. The molecule has 18 nitrogen and oxygen atoms in total. The van der Waals surface area contributed by atoms with Gasteiger partial charge in [-0.15, -0.1) is 0 Å². The summed E-state index contributed by atoms with van der Waals surface area (Å²) >= 11 is 4.98. The number of unbranched alkanes of at least 4 members (excludes halogenated alkanes) is 18. The van der Waals surface area contributed by atoms with Crippen LogP contribution in [-0.2, 0) is 63.4 Å². The van der Waals surface area contributed by atoms with Gasteiger partial charge in [-0.05, 0) is 55.8 Å². The summed E-state index contributed by atoms with van der Waals surface area (Å²) in [6.45, 7) is 0.537. The Bertz CT molecular complexity index is 1550. The summed E-state index contributed by atoms with van der Waals surface area (Å²) in [5.74, 6) is 4.28. The van der Waals surface area contributed by atoms with Crippen molar-refractivity contribution in [1.29, 1.82) is 0 Å². The zero-order chi connectivity index (χ0) is 44.5. The van der Waals surface area contributed by atoms with Gasteiger partial charge in [0.1, 0.15) is 0 Å². The lowest BCUT2D eigenvalue weighted by Crippen LogP contribution is -2.55. The Morgan fingerprint density at radius 3 is 0.750 bits per heavy atom. The summed E-state index contributed by atoms with van der Waals surface area (Å²) in [5.41, 5.74) is -1.74. The molecule has 0 atom stereocenters. The SMILES string of the molecule is O=c1n(CCSCCCCCCCCCOS(=O)(=O)O)c(=O)n(CCSCCCCCCCCCOS(=O)(=O)O)c(=O)n1CCSCCCCCCCCCOS(=O)(=O)O. The highest BCUT2D eigenvalue weighted by atomic mass is 32.3. The largest absolute Gasteiger partial charge is 0.397 e. The Morgan fingerprint density at radius 1 is 0.333 bits per heavy atom. The number of nitrogens with zero attached hydrogens (tertiary/aromatic N) is 3. The lowest BCUT2D eigenvalue weighted by molar-refractivity contribution is 0.260. The van der Waals surface area contributed by atoms with Crippen LogP contribution in [0.5, 0.6) is 0 Å². The van der Waals surface area contributed by atoms with Gasteiger partial charge in [0.05, 0.1) is 19.8 Å². The van der Waals surface area contributed by atoms with E-state index in [9.17, 15) is 39.6 Å². The number of aromatic nitrogens is 3. The van der Waals surface area contributed by atoms with Gasteiger partial charge in [0, 0.05) is 36.9 Å². The highest BCUT2D eigenvalue weighted by Gasteiger charge is 2.16. The van der Waals surface area contributed by atoms with Crippen molar-refractivity contribution in [1.82, 2.24) is 13.7 Å². The summed E-state index contributed by atoms with van der Waals surface area (Å²) in [6, 6.07) is 0. The molecule has 1 aromatic rings. The van der Waals surface area contributed by atoms with Gasteiger partial charge < -0.3 is 0 Å². The average molecular weight is 976 g/mol. The van der Waals surface area contributed by atoms with Crippen molar-refractivity contribution in [3.63, 3.8) is 0 Å². The van der Waals surface area contributed by atoms with E-state index < -0.39 is 48.3 Å². The Kier molecular flexibility index (Phi) is 32.8. The van der Waals surface area contributed by atoms with E-state index in [0.29, 0.717) is 36.5 Å². The molecule has 3 N–H and O–H groups in total. The summed E-state index contributed by atoms with van der Waals surface area (Å²) in [6.07, 6.45) is 19.1. The van der Waals surface area contributed by atoms with E-state index in [1.807, 2.05) is 0 Å². The van der Waals surface area contributed by atoms with Gasteiger partial charge in [0.15, 0.2) is 0 Å². The van der Waals surface area contributed by atoms with E-state index in [4.69, 9.17) is 13.7 Å². The fraction of sp³-hybridized carbons (Fsp3) is 0.917. The monoisotopic (exact) mass is 975 g/mol. The maximum atomic E-state index is 13.5. The first-order valence-electron chi connectivity index (χ1n) is 21.0. The standard InChI is InChI=1S/C36H69N3O15S6/c40-34-37(22-31-55-28-19-13-7-1-4-10-16-25-52-58(43,44)45)35(41)39(24-33-57-30-21-15-9-3-6-12-18-27-54-60(49,50)51)36(42)38(34)23-32-56-29-20-14-8-2-5-11-17-26-53-59(46,47)48/h1-33H2,(H,43,44,45)(H,46,47,48)(H,49,50,51). The van der Waals surface area contributed by atoms with Gasteiger partial charge in [0.2, 0.25) is 0 Å². The summed E-state index contributed by atoms with van der Waals surface area (Å²) < 4.78 is 106. The van der Waals surface area contributed by atoms with E-state index in [0.717, 1.165) is 133 Å². The van der Waals surface area contributed by atoms with Gasteiger partial charge >= 0.3 is 48.3 Å². The third kappa shape index (κ3) is 32.7. The quantitative estimate of drug-likeness (QED) is 0.0500. The van der Waals surface area contributed by atoms with Gasteiger partial charge in [-0.1, -0.05) is 96.3 Å². The summed E-state index contributed by atoms with van der Waals surface area (Å²) in [4.78, 5) is 40.5. The fourth-order valence-corrected chi connectivity index (χ4v) is 9.85. The maximum Gasteiger partial charge on any atom is 0.397 e. The minimum Gasteiger partial charge on any atom is -0.264 e. The molecule has 0 amide bonds. The zero-order valence-corrected chi connectivity index (χ0v) is 39.8. The molecule has 1 heterocycles.